The molecule has 0 bridgehead atoms. The van der Waals surface area contributed by atoms with Gasteiger partial charge in [0.1, 0.15) is 0 Å². The summed E-state index contributed by atoms with van der Waals surface area (Å²) >= 11 is 0. The number of rotatable bonds is 12. The SMILES string of the molecule is CCCCCCCCCCCC(c1ccccc1)N(C)C.Cl. The zero-order chi connectivity index (χ0) is 15.3. The van der Waals surface area contributed by atoms with Crippen LogP contribution in [0.3, 0.4) is 0 Å². The summed E-state index contributed by atoms with van der Waals surface area (Å²) in [6.07, 6.45) is 14.0. The minimum absolute atomic E-state index is 0. The van der Waals surface area contributed by atoms with Gasteiger partial charge >= 0.3 is 0 Å². The normalized spacial score (nSPS) is 12.2. The highest BCUT2D eigenvalue weighted by Crippen LogP contribution is 2.24. The molecule has 128 valence electrons. The highest BCUT2D eigenvalue weighted by atomic mass is 35.5. The van der Waals surface area contributed by atoms with E-state index in [1.54, 1.807) is 0 Å². The lowest BCUT2D eigenvalue weighted by Gasteiger charge is -2.24. The molecule has 0 aliphatic rings. The molecule has 1 aromatic rings. The molecule has 0 N–H and O–H groups in total. The lowest BCUT2D eigenvalue weighted by Crippen LogP contribution is -2.19. The molecular formula is C20H36ClN. The number of unbranched alkanes of at least 4 members (excludes halogenated alkanes) is 8. The standard InChI is InChI=1S/C20H35N.ClH/c1-4-5-6-7-8-9-10-11-15-18-20(21(2)3)19-16-13-12-14-17-19;/h12-14,16-17,20H,4-11,15,18H2,1-3H3;1H. The minimum atomic E-state index is 0. The smallest absolute Gasteiger partial charge is 0.0342 e. The van der Waals surface area contributed by atoms with Crippen LogP contribution in [0.1, 0.15) is 82.7 Å². The Balaban J connectivity index is 0.00000441. The summed E-state index contributed by atoms with van der Waals surface area (Å²) in [5.41, 5.74) is 1.46. The Kier molecular flexibility index (Phi) is 13.7. The van der Waals surface area contributed by atoms with Crippen molar-refractivity contribution in [3.05, 3.63) is 35.9 Å². The second-order valence-electron chi connectivity index (χ2n) is 6.51. The fraction of sp³-hybridized carbons (Fsp3) is 0.700. The first kappa shape index (κ1) is 21.5. The molecule has 1 aromatic carbocycles. The van der Waals surface area contributed by atoms with Gasteiger partial charge in [-0.05, 0) is 26.1 Å². The molecule has 0 amide bonds. The molecule has 22 heavy (non-hydrogen) atoms. The van der Waals surface area contributed by atoms with E-state index in [-0.39, 0.29) is 12.4 Å². The van der Waals surface area contributed by atoms with E-state index in [0.29, 0.717) is 6.04 Å². The Hall–Kier alpha value is -0.530. The molecular weight excluding hydrogens is 290 g/mol. The Bertz CT molecular complexity index is 337. The van der Waals surface area contributed by atoms with Crippen LogP contribution in [-0.4, -0.2) is 19.0 Å². The third-order valence-electron chi connectivity index (χ3n) is 4.39. The van der Waals surface area contributed by atoms with Crippen molar-refractivity contribution in [2.75, 3.05) is 14.1 Å². The van der Waals surface area contributed by atoms with Crippen LogP contribution in [0.2, 0.25) is 0 Å². The van der Waals surface area contributed by atoms with Gasteiger partial charge in [-0.2, -0.15) is 0 Å². The Morgan fingerprint density at radius 1 is 0.773 bits per heavy atom. The molecule has 1 atom stereocenters. The molecule has 2 heteroatoms. The number of hydrogen-bond acceptors (Lipinski definition) is 1. The van der Waals surface area contributed by atoms with Crippen LogP contribution in [0.5, 0.6) is 0 Å². The average molecular weight is 326 g/mol. The minimum Gasteiger partial charge on any atom is -0.302 e. The quantitative estimate of drug-likeness (QED) is 0.390. The van der Waals surface area contributed by atoms with Crippen molar-refractivity contribution in [2.24, 2.45) is 0 Å². The van der Waals surface area contributed by atoms with Crippen molar-refractivity contribution in [3.8, 4) is 0 Å². The van der Waals surface area contributed by atoms with E-state index in [0.717, 1.165) is 0 Å². The molecule has 0 aromatic heterocycles. The van der Waals surface area contributed by atoms with E-state index in [1.807, 2.05) is 0 Å². The Morgan fingerprint density at radius 3 is 1.77 bits per heavy atom. The monoisotopic (exact) mass is 325 g/mol. The van der Waals surface area contributed by atoms with Gasteiger partial charge in [0.05, 0.1) is 0 Å². The highest BCUT2D eigenvalue weighted by Gasteiger charge is 2.12. The molecule has 0 spiro atoms. The first-order valence-corrected chi connectivity index (χ1v) is 8.97. The topological polar surface area (TPSA) is 3.24 Å². The molecule has 1 rings (SSSR count). The predicted octanol–water partition coefficient (Wildman–Crippen LogP) is 6.63. The molecule has 0 aliphatic heterocycles. The fourth-order valence-electron chi connectivity index (χ4n) is 3.05. The van der Waals surface area contributed by atoms with Gasteiger partial charge in [-0.25, -0.2) is 0 Å². The summed E-state index contributed by atoms with van der Waals surface area (Å²) in [5, 5.41) is 0. The van der Waals surface area contributed by atoms with Crippen LogP contribution in [0, 0.1) is 0 Å². The van der Waals surface area contributed by atoms with E-state index in [4.69, 9.17) is 0 Å². The molecule has 0 aliphatic carbocycles. The van der Waals surface area contributed by atoms with Crippen LogP contribution in [0.15, 0.2) is 30.3 Å². The van der Waals surface area contributed by atoms with Gasteiger partial charge in [0.15, 0.2) is 0 Å². The maximum absolute atomic E-state index is 2.36. The van der Waals surface area contributed by atoms with Crippen LogP contribution < -0.4 is 0 Å². The predicted molar refractivity (Wildman–Crippen MR) is 102 cm³/mol. The summed E-state index contributed by atoms with van der Waals surface area (Å²) < 4.78 is 0. The maximum Gasteiger partial charge on any atom is 0.0342 e. The third-order valence-corrected chi connectivity index (χ3v) is 4.39. The molecule has 0 saturated heterocycles. The lowest BCUT2D eigenvalue weighted by atomic mass is 9.98. The summed E-state index contributed by atoms with van der Waals surface area (Å²) in [7, 11) is 4.40. The Morgan fingerprint density at radius 2 is 1.27 bits per heavy atom. The molecule has 0 heterocycles. The van der Waals surface area contributed by atoms with E-state index in [2.05, 4.69) is 56.3 Å². The van der Waals surface area contributed by atoms with Gasteiger partial charge < -0.3 is 4.90 Å². The maximum atomic E-state index is 2.36. The van der Waals surface area contributed by atoms with Gasteiger partial charge in [0.2, 0.25) is 0 Å². The highest BCUT2D eigenvalue weighted by molar-refractivity contribution is 5.85. The largest absolute Gasteiger partial charge is 0.302 e. The zero-order valence-corrected chi connectivity index (χ0v) is 15.7. The van der Waals surface area contributed by atoms with E-state index in [9.17, 15) is 0 Å². The first-order chi connectivity index (χ1) is 10.3. The van der Waals surface area contributed by atoms with Gasteiger partial charge in [0.25, 0.3) is 0 Å². The van der Waals surface area contributed by atoms with Crippen molar-refractivity contribution in [1.29, 1.82) is 0 Å². The average Bonchev–Trinajstić information content (AvgIpc) is 2.50. The van der Waals surface area contributed by atoms with Crippen molar-refractivity contribution in [3.63, 3.8) is 0 Å². The van der Waals surface area contributed by atoms with Gasteiger partial charge in [-0.3, -0.25) is 0 Å². The van der Waals surface area contributed by atoms with E-state index >= 15 is 0 Å². The van der Waals surface area contributed by atoms with Crippen LogP contribution in [-0.2, 0) is 0 Å². The molecule has 0 fully saturated rings. The van der Waals surface area contributed by atoms with E-state index < -0.39 is 0 Å². The number of halogens is 1. The van der Waals surface area contributed by atoms with Crippen molar-refractivity contribution in [1.82, 2.24) is 4.90 Å². The van der Waals surface area contributed by atoms with E-state index in [1.165, 1.54) is 69.8 Å². The Labute approximate surface area is 144 Å². The van der Waals surface area contributed by atoms with Crippen molar-refractivity contribution >= 4 is 12.4 Å². The summed E-state index contributed by atoms with van der Waals surface area (Å²) in [4.78, 5) is 2.36. The fourth-order valence-corrected chi connectivity index (χ4v) is 3.05. The van der Waals surface area contributed by atoms with Crippen molar-refractivity contribution < 1.29 is 0 Å². The first-order valence-electron chi connectivity index (χ1n) is 8.97. The van der Waals surface area contributed by atoms with Crippen molar-refractivity contribution in [2.45, 2.75) is 77.2 Å². The van der Waals surface area contributed by atoms with Gasteiger partial charge in [-0.1, -0.05) is 95.0 Å². The molecule has 0 saturated carbocycles. The zero-order valence-electron chi connectivity index (χ0n) is 14.9. The molecule has 0 radical (unpaired) electrons. The third kappa shape index (κ3) is 9.48. The number of hydrogen-bond donors (Lipinski definition) is 0. The summed E-state index contributed by atoms with van der Waals surface area (Å²) in [6, 6.07) is 11.5. The summed E-state index contributed by atoms with van der Waals surface area (Å²) in [5.74, 6) is 0. The summed E-state index contributed by atoms with van der Waals surface area (Å²) in [6.45, 7) is 2.29. The van der Waals surface area contributed by atoms with Gasteiger partial charge in [0, 0.05) is 6.04 Å². The molecule has 1 unspecified atom stereocenters. The number of benzene rings is 1. The second kappa shape index (κ2) is 14.1. The second-order valence-corrected chi connectivity index (χ2v) is 6.51. The van der Waals surface area contributed by atoms with Crippen LogP contribution in [0.4, 0.5) is 0 Å². The number of nitrogens with zero attached hydrogens (tertiary/aromatic N) is 1. The van der Waals surface area contributed by atoms with Crippen LogP contribution >= 0.6 is 12.4 Å². The van der Waals surface area contributed by atoms with Gasteiger partial charge in [-0.15, -0.1) is 12.4 Å². The van der Waals surface area contributed by atoms with Crippen LogP contribution in [0.25, 0.3) is 0 Å². The molecule has 1 nitrogen and oxygen atoms in total. The lowest BCUT2D eigenvalue weighted by molar-refractivity contribution is 0.276.